The van der Waals surface area contributed by atoms with Crippen molar-refractivity contribution in [3.05, 3.63) is 242 Å². The Bertz CT molecular complexity index is 3870. The van der Waals surface area contributed by atoms with Crippen molar-refractivity contribution in [1.29, 1.82) is 0 Å². The van der Waals surface area contributed by atoms with Crippen molar-refractivity contribution < 1.29 is 0 Å². The van der Waals surface area contributed by atoms with Gasteiger partial charge in [0.1, 0.15) is 0 Å². The van der Waals surface area contributed by atoms with Crippen molar-refractivity contribution in [2.75, 3.05) is 0 Å². The van der Waals surface area contributed by atoms with Crippen LogP contribution in [0.2, 0.25) is 0 Å². The normalized spacial score (nSPS) is 12.6. The summed E-state index contributed by atoms with van der Waals surface area (Å²) in [6, 6.07) is 81.9. The molecule has 0 bridgehead atoms. The highest BCUT2D eigenvalue weighted by Gasteiger charge is 2.36. The number of aromatic nitrogens is 6. The molecule has 69 heavy (non-hydrogen) atoms. The summed E-state index contributed by atoms with van der Waals surface area (Å²) in [6.07, 6.45) is 0. The lowest BCUT2D eigenvalue weighted by Crippen LogP contribution is -2.14. The predicted octanol–water partition coefficient (Wildman–Crippen LogP) is 15.5. The molecule has 0 radical (unpaired) electrons. The highest BCUT2D eigenvalue weighted by atomic mass is 15.3. The smallest absolute Gasteiger partial charge is 0.168 e. The van der Waals surface area contributed by atoms with Crippen molar-refractivity contribution in [3.8, 4) is 90.3 Å². The molecular formula is C63H44N6. The molecule has 1 aliphatic rings. The Hall–Kier alpha value is -9.00. The van der Waals surface area contributed by atoms with Gasteiger partial charge in [0.05, 0.1) is 0 Å². The fraction of sp³-hybridized carbons (Fsp3) is 0.0476. The first-order chi connectivity index (χ1) is 34.0. The molecule has 0 saturated heterocycles. The van der Waals surface area contributed by atoms with E-state index in [-0.39, 0.29) is 5.41 Å². The van der Waals surface area contributed by atoms with E-state index in [1.807, 2.05) is 48.5 Å². The summed E-state index contributed by atoms with van der Waals surface area (Å²) in [7, 11) is 0. The zero-order valence-corrected chi connectivity index (χ0v) is 38.1. The molecule has 0 fully saturated rings. The van der Waals surface area contributed by atoms with Gasteiger partial charge in [-0.25, -0.2) is 0 Å². The second-order valence-electron chi connectivity index (χ2n) is 18.3. The second-order valence-corrected chi connectivity index (χ2v) is 18.3. The molecule has 1 aliphatic carbocycles. The molecule has 0 spiro atoms. The molecule has 0 N–H and O–H groups in total. The summed E-state index contributed by atoms with van der Waals surface area (Å²) in [5.41, 5.74) is 15.8. The van der Waals surface area contributed by atoms with Gasteiger partial charge >= 0.3 is 0 Å². The first-order valence-electron chi connectivity index (χ1n) is 23.5. The van der Waals surface area contributed by atoms with Crippen LogP contribution in [0, 0.1) is 0 Å². The Balaban J connectivity index is 0.998. The molecule has 0 atom stereocenters. The minimum absolute atomic E-state index is 0.181. The zero-order chi connectivity index (χ0) is 46.1. The molecule has 10 aromatic carbocycles. The van der Waals surface area contributed by atoms with Crippen LogP contribution < -0.4 is 0 Å². The van der Waals surface area contributed by atoms with Crippen LogP contribution in [0.1, 0.15) is 25.0 Å². The molecule has 2 heterocycles. The van der Waals surface area contributed by atoms with E-state index in [9.17, 15) is 0 Å². The van der Waals surface area contributed by atoms with Crippen LogP contribution in [-0.2, 0) is 5.41 Å². The lowest BCUT2D eigenvalue weighted by Gasteiger charge is -2.24. The third-order valence-electron chi connectivity index (χ3n) is 14.0. The summed E-state index contributed by atoms with van der Waals surface area (Å²) >= 11 is 0. The van der Waals surface area contributed by atoms with Gasteiger partial charge in [0, 0.05) is 39.0 Å². The predicted molar refractivity (Wildman–Crippen MR) is 281 cm³/mol. The van der Waals surface area contributed by atoms with Crippen molar-refractivity contribution in [3.63, 3.8) is 0 Å². The summed E-state index contributed by atoms with van der Waals surface area (Å²) in [6.45, 7) is 4.73. The first kappa shape index (κ1) is 40.3. The molecule has 2 aromatic heterocycles. The third-order valence-corrected chi connectivity index (χ3v) is 14.0. The highest BCUT2D eigenvalue weighted by molar-refractivity contribution is 6.22. The molecule has 0 unspecified atom stereocenters. The van der Waals surface area contributed by atoms with E-state index >= 15 is 0 Å². The zero-order valence-electron chi connectivity index (χ0n) is 38.1. The lowest BCUT2D eigenvalue weighted by atomic mass is 9.79. The van der Waals surface area contributed by atoms with Crippen LogP contribution in [0.15, 0.2) is 231 Å². The third kappa shape index (κ3) is 6.56. The standard InChI is InChI=1S/C63H44N6/c1-63(2)55-30-18-17-27-49(55)52-39-53-54(40-56(52)63)58(42-33-37-46(38-34-42)62-67-65-60(44-21-9-4-10-22-44)69(62)48-25-13-6-14-26-48)51-29-16-15-28-50(51)57(53)41-31-35-45(36-32-41)61-66-64-59(43-19-7-3-8-20-43)68(61)47-23-11-5-12-24-47/h3-40H,1-2H3. The Morgan fingerprint density at radius 2 is 0.638 bits per heavy atom. The van der Waals surface area contributed by atoms with E-state index in [0.717, 1.165) is 68.1 Å². The monoisotopic (exact) mass is 884 g/mol. The summed E-state index contributed by atoms with van der Waals surface area (Å²) in [4.78, 5) is 0. The maximum atomic E-state index is 4.83. The fourth-order valence-corrected chi connectivity index (χ4v) is 10.7. The van der Waals surface area contributed by atoms with Gasteiger partial charge in [0.2, 0.25) is 0 Å². The van der Waals surface area contributed by atoms with E-state index in [0.29, 0.717) is 0 Å². The number of rotatable bonds is 8. The van der Waals surface area contributed by atoms with Gasteiger partial charge in [0.15, 0.2) is 23.3 Å². The number of hydrogen-bond acceptors (Lipinski definition) is 4. The minimum atomic E-state index is -0.181. The maximum Gasteiger partial charge on any atom is 0.168 e. The van der Waals surface area contributed by atoms with Crippen molar-refractivity contribution in [2.45, 2.75) is 19.3 Å². The largest absolute Gasteiger partial charge is 0.275 e. The topological polar surface area (TPSA) is 61.4 Å². The summed E-state index contributed by atoms with van der Waals surface area (Å²) < 4.78 is 4.32. The van der Waals surface area contributed by atoms with E-state index in [4.69, 9.17) is 20.4 Å². The van der Waals surface area contributed by atoms with Crippen LogP contribution in [-0.4, -0.2) is 29.5 Å². The number of para-hydroxylation sites is 2. The average Bonchev–Trinajstić information content (AvgIpc) is 4.12. The average molecular weight is 885 g/mol. The molecule has 12 aromatic rings. The SMILES string of the molecule is CC1(C)c2ccccc2-c2cc3c(-c4ccc(-c5nnc(-c6ccccc6)n5-c5ccccc5)cc4)c4ccccc4c(-c4ccc(-c5nnc(-c6ccccc6)n5-c5ccccc5)cc4)c3cc21. The van der Waals surface area contributed by atoms with Crippen LogP contribution in [0.25, 0.3) is 112 Å². The van der Waals surface area contributed by atoms with Gasteiger partial charge < -0.3 is 0 Å². The minimum Gasteiger partial charge on any atom is -0.275 e. The van der Waals surface area contributed by atoms with E-state index in [1.165, 1.54) is 54.9 Å². The summed E-state index contributed by atoms with van der Waals surface area (Å²) in [5, 5.41) is 24.0. The number of benzene rings is 10. The molecule has 0 saturated carbocycles. The molecule has 326 valence electrons. The number of fused-ring (bicyclic) bond motifs is 5. The van der Waals surface area contributed by atoms with Crippen molar-refractivity contribution >= 4 is 21.5 Å². The van der Waals surface area contributed by atoms with E-state index < -0.39 is 0 Å². The molecule has 0 amide bonds. The van der Waals surface area contributed by atoms with Crippen molar-refractivity contribution in [2.24, 2.45) is 0 Å². The fourth-order valence-electron chi connectivity index (χ4n) is 10.7. The quantitative estimate of drug-likeness (QED) is 0.143. The Labute approximate surface area is 400 Å². The van der Waals surface area contributed by atoms with Crippen LogP contribution in [0.5, 0.6) is 0 Å². The lowest BCUT2D eigenvalue weighted by molar-refractivity contribution is 0.661. The van der Waals surface area contributed by atoms with E-state index in [1.54, 1.807) is 0 Å². The van der Waals surface area contributed by atoms with Gasteiger partial charge in [0.25, 0.3) is 0 Å². The molecular weight excluding hydrogens is 841 g/mol. The van der Waals surface area contributed by atoms with E-state index in [2.05, 4.69) is 205 Å². The second kappa shape index (κ2) is 16.1. The summed E-state index contributed by atoms with van der Waals surface area (Å²) in [5.74, 6) is 3.17. The van der Waals surface area contributed by atoms with Crippen LogP contribution in [0.3, 0.4) is 0 Å². The highest BCUT2D eigenvalue weighted by Crippen LogP contribution is 2.53. The molecule has 0 aliphatic heterocycles. The van der Waals surface area contributed by atoms with Gasteiger partial charge in [-0.3, -0.25) is 9.13 Å². The number of nitrogens with zero attached hydrogens (tertiary/aromatic N) is 6. The maximum absolute atomic E-state index is 4.83. The van der Waals surface area contributed by atoms with Gasteiger partial charge in [-0.05, 0) is 102 Å². The Morgan fingerprint density at radius 1 is 0.290 bits per heavy atom. The van der Waals surface area contributed by atoms with Gasteiger partial charge in [-0.1, -0.05) is 208 Å². The van der Waals surface area contributed by atoms with Crippen LogP contribution in [0.4, 0.5) is 0 Å². The van der Waals surface area contributed by atoms with Crippen LogP contribution >= 0.6 is 0 Å². The van der Waals surface area contributed by atoms with Gasteiger partial charge in [-0.15, -0.1) is 20.4 Å². The molecule has 6 nitrogen and oxygen atoms in total. The Morgan fingerprint density at radius 3 is 1.09 bits per heavy atom. The first-order valence-corrected chi connectivity index (χ1v) is 23.5. The Kier molecular flexibility index (Phi) is 9.41. The van der Waals surface area contributed by atoms with Gasteiger partial charge in [-0.2, -0.15) is 0 Å². The number of hydrogen-bond donors (Lipinski definition) is 0. The molecule has 6 heteroatoms. The molecule has 13 rings (SSSR count). The van der Waals surface area contributed by atoms with Crippen molar-refractivity contribution in [1.82, 2.24) is 29.5 Å².